The van der Waals surface area contributed by atoms with Crippen molar-refractivity contribution in [3.05, 3.63) is 57.3 Å². The SMILES string of the molecule is NC(Cc1cccs1)c1cc2ccc(F)cc2s1. The van der Waals surface area contributed by atoms with E-state index in [4.69, 9.17) is 5.73 Å². The molecule has 2 heterocycles. The Balaban J connectivity index is 1.89. The van der Waals surface area contributed by atoms with Gasteiger partial charge in [-0.15, -0.1) is 22.7 Å². The maximum absolute atomic E-state index is 13.1. The normalized spacial score (nSPS) is 13.0. The predicted molar refractivity (Wildman–Crippen MR) is 76.7 cm³/mol. The molecule has 0 spiro atoms. The van der Waals surface area contributed by atoms with E-state index >= 15 is 0 Å². The maximum atomic E-state index is 13.1. The first-order valence-electron chi connectivity index (χ1n) is 5.69. The van der Waals surface area contributed by atoms with E-state index in [2.05, 4.69) is 17.5 Å². The van der Waals surface area contributed by atoms with Crippen LogP contribution in [0.3, 0.4) is 0 Å². The molecular weight excluding hydrogens is 265 g/mol. The van der Waals surface area contributed by atoms with Crippen LogP contribution in [-0.4, -0.2) is 0 Å². The van der Waals surface area contributed by atoms with Crippen LogP contribution in [-0.2, 0) is 6.42 Å². The average Bonchev–Trinajstić information content (AvgIpc) is 2.96. The molecule has 0 amide bonds. The Labute approximate surface area is 113 Å². The number of nitrogens with two attached hydrogens (primary N) is 1. The Morgan fingerprint density at radius 3 is 2.89 bits per heavy atom. The highest BCUT2D eigenvalue weighted by Crippen LogP contribution is 2.31. The summed E-state index contributed by atoms with van der Waals surface area (Å²) in [6, 6.07) is 11.1. The molecule has 0 aliphatic carbocycles. The molecule has 0 bridgehead atoms. The molecule has 0 saturated heterocycles. The van der Waals surface area contributed by atoms with Gasteiger partial charge in [-0.1, -0.05) is 12.1 Å². The lowest BCUT2D eigenvalue weighted by Crippen LogP contribution is -2.10. The fraction of sp³-hybridized carbons (Fsp3) is 0.143. The van der Waals surface area contributed by atoms with Crippen LogP contribution in [0.5, 0.6) is 0 Å². The second-order valence-electron chi connectivity index (χ2n) is 4.22. The van der Waals surface area contributed by atoms with Crippen molar-refractivity contribution in [2.75, 3.05) is 0 Å². The summed E-state index contributed by atoms with van der Waals surface area (Å²) >= 11 is 3.30. The summed E-state index contributed by atoms with van der Waals surface area (Å²) in [5.41, 5.74) is 6.21. The summed E-state index contributed by atoms with van der Waals surface area (Å²) in [4.78, 5) is 2.40. The van der Waals surface area contributed by atoms with Gasteiger partial charge in [0.2, 0.25) is 0 Å². The van der Waals surface area contributed by atoms with Gasteiger partial charge in [-0.25, -0.2) is 4.39 Å². The van der Waals surface area contributed by atoms with Crippen LogP contribution in [0.1, 0.15) is 15.8 Å². The van der Waals surface area contributed by atoms with Crippen LogP contribution in [0, 0.1) is 5.82 Å². The third kappa shape index (κ3) is 2.32. The molecule has 1 atom stereocenters. The molecule has 92 valence electrons. The number of hydrogen-bond donors (Lipinski definition) is 1. The quantitative estimate of drug-likeness (QED) is 0.757. The monoisotopic (exact) mass is 277 g/mol. The Kier molecular flexibility index (Phi) is 3.16. The third-order valence-corrected chi connectivity index (χ3v) is 5.00. The number of fused-ring (bicyclic) bond motifs is 1. The first-order valence-corrected chi connectivity index (χ1v) is 7.39. The molecule has 2 aromatic heterocycles. The minimum absolute atomic E-state index is 0.0101. The Bertz CT molecular complexity index is 658. The van der Waals surface area contributed by atoms with Crippen LogP contribution < -0.4 is 5.73 Å². The molecule has 0 saturated carbocycles. The zero-order chi connectivity index (χ0) is 12.5. The predicted octanol–water partition coefficient (Wildman–Crippen LogP) is 4.34. The number of rotatable bonds is 3. The Morgan fingerprint density at radius 1 is 1.22 bits per heavy atom. The van der Waals surface area contributed by atoms with Crippen molar-refractivity contribution in [2.24, 2.45) is 5.73 Å². The first kappa shape index (κ1) is 11.8. The smallest absolute Gasteiger partial charge is 0.124 e. The van der Waals surface area contributed by atoms with Gasteiger partial charge < -0.3 is 5.73 Å². The van der Waals surface area contributed by atoms with Crippen molar-refractivity contribution in [2.45, 2.75) is 12.5 Å². The Morgan fingerprint density at radius 2 is 2.11 bits per heavy atom. The fourth-order valence-corrected chi connectivity index (χ4v) is 3.81. The molecule has 3 rings (SSSR count). The zero-order valence-corrected chi connectivity index (χ0v) is 11.2. The van der Waals surface area contributed by atoms with Crippen LogP contribution in [0.25, 0.3) is 10.1 Å². The molecule has 4 heteroatoms. The van der Waals surface area contributed by atoms with E-state index in [1.54, 1.807) is 28.7 Å². The van der Waals surface area contributed by atoms with E-state index in [9.17, 15) is 4.39 Å². The van der Waals surface area contributed by atoms with E-state index < -0.39 is 0 Å². The van der Waals surface area contributed by atoms with E-state index in [0.717, 1.165) is 21.4 Å². The summed E-state index contributed by atoms with van der Waals surface area (Å²) < 4.78 is 14.1. The van der Waals surface area contributed by atoms with E-state index in [0.29, 0.717) is 0 Å². The van der Waals surface area contributed by atoms with Crippen LogP contribution in [0.4, 0.5) is 4.39 Å². The summed E-state index contributed by atoms with van der Waals surface area (Å²) in [6.07, 6.45) is 0.840. The van der Waals surface area contributed by atoms with Gasteiger partial charge in [0.25, 0.3) is 0 Å². The summed E-state index contributed by atoms with van der Waals surface area (Å²) in [6.45, 7) is 0. The number of hydrogen-bond acceptors (Lipinski definition) is 3. The van der Waals surface area contributed by atoms with Crippen LogP contribution >= 0.6 is 22.7 Å². The van der Waals surface area contributed by atoms with Gasteiger partial charge in [-0.3, -0.25) is 0 Å². The van der Waals surface area contributed by atoms with Gasteiger partial charge in [0.1, 0.15) is 5.82 Å². The van der Waals surface area contributed by atoms with Crippen LogP contribution in [0.2, 0.25) is 0 Å². The van der Waals surface area contributed by atoms with Crippen molar-refractivity contribution in [1.29, 1.82) is 0 Å². The molecule has 1 unspecified atom stereocenters. The summed E-state index contributed by atoms with van der Waals surface area (Å²) in [5, 5.41) is 3.13. The minimum atomic E-state index is -0.192. The maximum Gasteiger partial charge on any atom is 0.124 e. The highest BCUT2D eigenvalue weighted by Gasteiger charge is 2.11. The van der Waals surface area contributed by atoms with Crippen molar-refractivity contribution in [1.82, 2.24) is 0 Å². The molecule has 0 aliphatic heterocycles. The third-order valence-electron chi connectivity index (χ3n) is 2.87. The van der Waals surface area contributed by atoms with E-state index in [1.165, 1.54) is 10.9 Å². The van der Waals surface area contributed by atoms with Crippen LogP contribution in [0.15, 0.2) is 41.8 Å². The standard InChI is InChI=1S/C14H12FNS2/c15-10-4-3-9-6-14(18-13(9)7-10)12(16)8-11-2-1-5-17-11/h1-7,12H,8,16H2. The number of halogens is 1. The molecule has 1 aromatic carbocycles. The van der Waals surface area contributed by atoms with Crippen molar-refractivity contribution in [3.8, 4) is 0 Å². The number of benzene rings is 1. The van der Waals surface area contributed by atoms with Gasteiger partial charge in [0, 0.05) is 26.9 Å². The van der Waals surface area contributed by atoms with Gasteiger partial charge >= 0.3 is 0 Å². The van der Waals surface area contributed by atoms with E-state index in [-0.39, 0.29) is 11.9 Å². The van der Waals surface area contributed by atoms with Crippen molar-refractivity contribution in [3.63, 3.8) is 0 Å². The molecule has 0 radical (unpaired) electrons. The minimum Gasteiger partial charge on any atom is -0.323 e. The summed E-state index contributed by atoms with van der Waals surface area (Å²) in [5.74, 6) is -0.192. The topological polar surface area (TPSA) is 26.0 Å². The van der Waals surface area contributed by atoms with Gasteiger partial charge in [-0.05, 0) is 35.0 Å². The molecular formula is C14H12FNS2. The van der Waals surface area contributed by atoms with Gasteiger partial charge in [-0.2, -0.15) is 0 Å². The molecule has 18 heavy (non-hydrogen) atoms. The second kappa shape index (κ2) is 4.80. The van der Waals surface area contributed by atoms with Crippen molar-refractivity contribution >= 4 is 32.8 Å². The van der Waals surface area contributed by atoms with E-state index in [1.807, 2.05) is 12.1 Å². The molecule has 1 nitrogen and oxygen atoms in total. The lowest BCUT2D eigenvalue weighted by Gasteiger charge is -2.06. The lowest BCUT2D eigenvalue weighted by molar-refractivity contribution is 0.630. The molecule has 2 N–H and O–H groups in total. The summed E-state index contributed by atoms with van der Waals surface area (Å²) in [7, 11) is 0. The largest absolute Gasteiger partial charge is 0.323 e. The lowest BCUT2D eigenvalue weighted by atomic mass is 10.1. The number of thiophene rings is 2. The highest BCUT2D eigenvalue weighted by atomic mass is 32.1. The molecule has 0 aliphatic rings. The van der Waals surface area contributed by atoms with Crippen molar-refractivity contribution < 1.29 is 4.39 Å². The second-order valence-corrected chi connectivity index (χ2v) is 6.37. The average molecular weight is 277 g/mol. The Hall–Kier alpha value is -1.23. The fourth-order valence-electron chi connectivity index (χ4n) is 1.95. The highest BCUT2D eigenvalue weighted by molar-refractivity contribution is 7.19. The molecule has 0 fully saturated rings. The van der Waals surface area contributed by atoms with Gasteiger partial charge in [0.05, 0.1) is 0 Å². The first-order chi connectivity index (χ1) is 8.72. The zero-order valence-electron chi connectivity index (χ0n) is 9.60. The van der Waals surface area contributed by atoms with Gasteiger partial charge in [0.15, 0.2) is 0 Å². The molecule has 3 aromatic rings.